The van der Waals surface area contributed by atoms with Crippen molar-refractivity contribution in [1.82, 2.24) is 4.98 Å². The molecular weight excluding hydrogens is 198 g/mol. The van der Waals surface area contributed by atoms with Gasteiger partial charge in [0, 0.05) is 11.8 Å². The standard InChI is InChI=1S/C14H15NO/c1-10-6-7-12(16-3)9-13(10)14-11(2)5-4-8-15-14/h4-9H,1-3H3. The Hall–Kier alpha value is -1.83. The maximum atomic E-state index is 5.24. The summed E-state index contributed by atoms with van der Waals surface area (Å²) in [5, 5.41) is 0. The molecule has 0 radical (unpaired) electrons. The molecule has 0 saturated carbocycles. The van der Waals surface area contributed by atoms with Gasteiger partial charge in [-0.3, -0.25) is 4.98 Å². The predicted octanol–water partition coefficient (Wildman–Crippen LogP) is 3.37. The first-order valence-electron chi connectivity index (χ1n) is 5.29. The second-order valence-electron chi connectivity index (χ2n) is 3.85. The maximum absolute atomic E-state index is 5.24. The highest BCUT2D eigenvalue weighted by molar-refractivity contribution is 5.68. The van der Waals surface area contributed by atoms with Crippen LogP contribution in [0.1, 0.15) is 11.1 Å². The fourth-order valence-electron chi connectivity index (χ4n) is 1.75. The van der Waals surface area contributed by atoms with Crippen molar-refractivity contribution in [3.63, 3.8) is 0 Å². The second kappa shape index (κ2) is 4.35. The number of nitrogens with zero attached hydrogens (tertiary/aromatic N) is 1. The average molecular weight is 213 g/mol. The smallest absolute Gasteiger partial charge is 0.119 e. The van der Waals surface area contributed by atoms with Crippen molar-refractivity contribution in [3.05, 3.63) is 47.7 Å². The molecule has 82 valence electrons. The van der Waals surface area contributed by atoms with Gasteiger partial charge in [-0.2, -0.15) is 0 Å². The summed E-state index contributed by atoms with van der Waals surface area (Å²) < 4.78 is 5.24. The zero-order chi connectivity index (χ0) is 11.5. The van der Waals surface area contributed by atoms with E-state index < -0.39 is 0 Å². The molecule has 0 saturated heterocycles. The Bertz CT molecular complexity index is 506. The summed E-state index contributed by atoms with van der Waals surface area (Å²) in [4.78, 5) is 4.43. The van der Waals surface area contributed by atoms with E-state index in [2.05, 4.69) is 31.0 Å². The monoisotopic (exact) mass is 213 g/mol. The van der Waals surface area contributed by atoms with Crippen LogP contribution < -0.4 is 4.74 Å². The molecule has 1 aromatic heterocycles. The number of benzene rings is 1. The van der Waals surface area contributed by atoms with E-state index in [0.717, 1.165) is 17.0 Å². The molecule has 0 aliphatic rings. The summed E-state index contributed by atoms with van der Waals surface area (Å²) >= 11 is 0. The van der Waals surface area contributed by atoms with E-state index in [0.29, 0.717) is 0 Å². The first kappa shape index (κ1) is 10.7. The fraction of sp³-hybridized carbons (Fsp3) is 0.214. The topological polar surface area (TPSA) is 22.1 Å². The zero-order valence-corrected chi connectivity index (χ0v) is 9.82. The minimum Gasteiger partial charge on any atom is -0.497 e. The number of methoxy groups -OCH3 is 1. The van der Waals surface area contributed by atoms with E-state index in [1.54, 1.807) is 7.11 Å². The highest BCUT2D eigenvalue weighted by Crippen LogP contribution is 2.27. The van der Waals surface area contributed by atoms with Gasteiger partial charge in [-0.25, -0.2) is 0 Å². The maximum Gasteiger partial charge on any atom is 0.119 e. The van der Waals surface area contributed by atoms with E-state index in [1.807, 2.05) is 24.4 Å². The summed E-state index contributed by atoms with van der Waals surface area (Å²) in [7, 11) is 1.68. The fourth-order valence-corrected chi connectivity index (χ4v) is 1.75. The molecule has 2 aromatic rings. The van der Waals surface area contributed by atoms with E-state index >= 15 is 0 Å². The van der Waals surface area contributed by atoms with Crippen molar-refractivity contribution >= 4 is 0 Å². The van der Waals surface area contributed by atoms with Crippen molar-refractivity contribution in [3.8, 4) is 17.0 Å². The summed E-state index contributed by atoms with van der Waals surface area (Å²) in [6.07, 6.45) is 1.82. The second-order valence-corrected chi connectivity index (χ2v) is 3.85. The van der Waals surface area contributed by atoms with Crippen LogP contribution in [0.4, 0.5) is 0 Å². The molecule has 0 aliphatic heterocycles. The Balaban J connectivity index is 2.59. The molecule has 0 fully saturated rings. The van der Waals surface area contributed by atoms with Crippen LogP contribution in [0.15, 0.2) is 36.5 Å². The lowest BCUT2D eigenvalue weighted by Gasteiger charge is -2.09. The lowest BCUT2D eigenvalue weighted by molar-refractivity contribution is 0.415. The van der Waals surface area contributed by atoms with Crippen LogP contribution in [0.3, 0.4) is 0 Å². The van der Waals surface area contributed by atoms with Crippen LogP contribution >= 0.6 is 0 Å². The lowest BCUT2D eigenvalue weighted by Crippen LogP contribution is -1.92. The van der Waals surface area contributed by atoms with Crippen LogP contribution in [-0.4, -0.2) is 12.1 Å². The van der Waals surface area contributed by atoms with Crippen LogP contribution in [-0.2, 0) is 0 Å². The van der Waals surface area contributed by atoms with Crippen LogP contribution in [0.25, 0.3) is 11.3 Å². The predicted molar refractivity (Wildman–Crippen MR) is 65.7 cm³/mol. The van der Waals surface area contributed by atoms with Gasteiger partial charge in [-0.05, 0) is 43.2 Å². The van der Waals surface area contributed by atoms with Gasteiger partial charge in [0.2, 0.25) is 0 Å². The van der Waals surface area contributed by atoms with Crippen molar-refractivity contribution in [2.45, 2.75) is 13.8 Å². The third-order valence-electron chi connectivity index (χ3n) is 2.71. The third kappa shape index (κ3) is 1.91. The number of aryl methyl sites for hydroxylation is 2. The highest BCUT2D eigenvalue weighted by Gasteiger charge is 2.07. The first-order valence-corrected chi connectivity index (χ1v) is 5.29. The molecule has 16 heavy (non-hydrogen) atoms. The van der Waals surface area contributed by atoms with Gasteiger partial charge >= 0.3 is 0 Å². The number of aromatic nitrogens is 1. The third-order valence-corrected chi connectivity index (χ3v) is 2.71. The summed E-state index contributed by atoms with van der Waals surface area (Å²) in [5.74, 6) is 0.866. The van der Waals surface area contributed by atoms with Crippen molar-refractivity contribution < 1.29 is 4.74 Å². The molecule has 0 amide bonds. The minimum absolute atomic E-state index is 0.866. The number of rotatable bonds is 2. The van der Waals surface area contributed by atoms with Crippen LogP contribution in [0, 0.1) is 13.8 Å². The van der Waals surface area contributed by atoms with Gasteiger partial charge in [0.25, 0.3) is 0 Å². The van der Waals surface area contributed by atoms with E-state index in [-0.39, 0.29) is 0 Å². The van der Waals surface area contributed by atoms with Gasteiger partial charge in [-0.1, -0.05) is 12.1 Å². The molecule has 0 aliphatic carbocycles. The van der Waals surface area contributed by atoms with Gasteiger partial charge in [0.05, 0.1) is 12.8 Å². The van der Waals surface area contributed by atoms with Gasteiger partial charge in [0.15, 0.2) is 0 Å². The molecule has 0 atom stereocenters. The summed E-state index contributed by atoms with van der Waals surface area (Å²) in [6.45, 7) is 4.16. The molecule has 0 N–H and O–H groups in total. The molecule has 0 spiro atoms. The lowest BCUT2D eigenvalue weighted by atomic mass is 10.0. The molecular formula is C14H15NO. The molecule has 1 aromatic carbocycles. The molecule has 2 rings (SSSR count). The Labute approximate surface area is 95.9 Å². The number of hydrogen-bond donors (Lipinski definition) is 0. The zero-order valence-electron chi connectivity index (χ0n) is 9.82. The largest absolute Gasteiger partial charge is 0.497 e. The number of hydrogen-bond acceptors (Lipinski definition) is 2. The molecule has 0 unspecified atom stereocenters. The first-order chi connectivity index (χ1) is 7.72. The van der Waals surface area contributed by atoms with Crippen LogP contribution in [0.5, 0.6) is 5.75 Å². The van der Waals surface area contributed by atoms with Gasteiger partial charge < -0.3 is 4.74 Å². The van der Waals surface area contributed by atoms with Gasteiger partial charge in [0.1, 0.15) is 5.75 Å². The molecule has 2 nitrogen and oxygen atoms in total. The minimum atomic E-state index is 0.866. The molecule has 1 heterocycles. The average Bonchev–Trinajstić information content (AvgIpc) is 2.31. The van der Waals surface area contributed by atoms with Gasteiger partial charge in [-0.15, -0.1) is 0 Å². The quantitative estimate of drug-likeness (QED) is 0.763. The highest BCUT2D eigenvalue weighted by atomic mass is 16.5. The molecule has 2 heteroatoms. The SMILES string of the molecule is COc1ccc(C)c(-c2ncccc2C)c1. The van der Waals surface area contributed by atoms with Crippen molar-refractivity contribution in [2.24, 2.45) is 0 Å². The Morgan fingerprint density at radius 2 is 1.88 bits per heavy atom. The normalized spacial score (nSPS) is 10.2. The molecule has 0 bridgehead atoms. The van der Waals surface area contributed by atoms with E-state index in [9.17, 15) is 0 Å². The van der Waals surface area contributed by atoms with E-state index in [1.165, 1.54) is 11.1 Å². The summed E-state index contributed by atoms with van der Waals surface area (Å²) in [6, 6.07) is 10.1. The van der Waals surface area contributed by atoms with E-state index in [4.69, 9.17) is 4.74 Å². The number of pyridine rings is 1. The summed E-state index contributed by atoms with van der Waals surface area (Å²) in [5.41, 5.74) is 4.55. The van der Waals surface area contributed by atoms with Crippen molar-refractivity contribution in [2.75, 3.05) is 7.11 Å². The Morgan fingerprint density at radius 1 is 1.06 bits per heavy atom. The Morgan fingerprint density at radius 3 is 2.56 bits per heavy atom. The Kier molecular flexibility index (Phi) is 2.91. The van der Waals surface area contributed by atoms with Crippen molar-refractivity contribution in [1.29, 1.82) is 0 Å². The van der Waals surface area contributed by atoms with Crippen LogP contribution in [0.2, 0.25) is 0 Å². The number of ether oxygens (including phenoxy) is 1.